The average molecular weight is 293 g/mol. The summed E-state index contributed by atoms with van der Waals surface area (Å²) in [6.07, 6.45) is 9.68. The number of rotatable bonds is 8. The van der Waals surface area contributed by atoms with E-state index in [0.29, 0.717) is 0 Å². The molecule has 21 heavy (non-hydrogen) atoms. The summed E-state index contributed by atoms with van der Waals surface area (Å²) in [5.74, 6) is 7.10. The van der Waals surface area contributed by atoms with E-state index in [2.05, 4.69) is 46.8 Å². The van der Waals surface area contributed by atoms with E-state index in [1.807, 2.05) is 6.20 Å². The summed E-state index contributed by atoms with van der Waals surface area (Å²) < 4.78 is 2.21. The van der Waals surface area contributed by atoms with Crippen LogP contribution >= 0.6 is 0 Å². The number of aromatic nitrogens is 2. The Hall–Kier alpha value is -0.910. The Morgan fingerprint density at radius 1 is 1.29 bits per heavy atom. The zero-order valence-electron chi connectivity index (χ0n) is 13.8. The minimum Gasteiger partial charge on any atom is -0.335 e. The number of likely N-dealkylation sites (tertiary alicyclic amines) is 1. The maximum absolute atomic E-state index is 5.97. The second-order valence-corrected chi connectivity index (χ2v) is 6.06. The fourth-order valence-corrected chi connectivity index (χ4v) is 3.98. The molecule has 2 heterocycles. The predicted molar refractivity (Wildman–Crippen MR) is 86.8 cm³/mol. The van der Waals surface area contributed by atoms with Crippen LogP contribution in [-0.4, -0.2) is 39.1 Å². The van der Waals surface area contributed by atoms with Crippen LogP contribution in [0.15, 0.2) is 12.4 Å². The lowest BCUT2D eigenvalue weighted by Gasteiger charge is -2.46. The van der Waals surface area contributed by atoms with Gasteiger partial charge in [-0.2, -0.15) is 0 Å². The summed E-state index contributed by atoms with van der Waals surface area (Å²) in [5.41, 5.74) is 3.25. The lowest BCUT2D eigenvalue weighted by molar-refractivity contribution is 0.0610. The minimum absolute atomic E-state index is 0.135. The molecule has 1 unspecified atom stereocenters. The van der Waals surface area contributed by atoms with Gasteiger partial charge in [0, 0.05) is 36.9 Å². The van der Waals surface area contributed by atoms with E-state index in [0.717, 1.165) is 31.6 Å². The molecule has 2 rings (SSSR count). The average Bonchev–Trinajstić information content (AvgIpc) is 3.19. The van der Waals surface area contributed by atoms with E-state index < -0.39 is 0 Å². The first-order chi connectivity index (χ1) is 10.2. The Kier molecular flexibility index (Phi) is 5.79. The largest absolute Gasteiger partial charge is 0.335 e. The van der Waals surface area contributed by atoms with Gasteiger partial charge in [-0.25, -0.2) is 4.98 Å². The Morgan fingerprint density at radius 3 is 2.48 bits per heavy atom. The summed E-state index contributed by atoms with van der Waals surface area (Å²) >= 11 is 0. The minimum atomic E-state index is 0.135. The van der Waals surface area contributed by atoms with Crippen molar-refractivity contribution in [3.05, 3.63) is 18.2 Å². The monoisotopic (exact) mass is 293 g/mol. The van der Waals surface area contributed by atoms with Gasteiger partial charge in [0.25, 0.3) is 0 Å². The first kappa shape index (κ1) is 16.5. The quantitative estimate of drug-likeness (QED) is 0.568. The van der Waals surface area contributed by atoms with Gasteiger partial charge in [-0.1, -0.05) is 13.8 Å². The molecule has 0 aromatic carbocycles. The van der Waals surface area contributed by atoms with E-state index in [9.17, 15) is 0 Å². The van der Waals surface area contributed by atoms with E-state index in [-0.39, 0.29) is 11.6 Å². The molecular weight excluding hydrogens is 262 g/mol. The summed E-state index contributed by atoms with van der Waals surface area (Å²) in [5, 5.41) is 0. The first-order valence-corrected chi connectivity index (χ1v) is 8.43. The standard InChI is InChI=1S/C16H31N5/c1-4-16(5-2,21-10-7-8-11-21)14(19-17)13-15-18-9-12-20(15)6-3/h9,12,14,19H,4-8,10-11,13,17H2,1-3H3. The number of nitrogens with two attached hydrogens (primary N) is 1. The molecule has 120 valence electrons. The Morgan fingerprint density at radius 2 is 1.95 bits per heavy atom. The fraction of sp³-hybridized carbons (Fsp3) is 0.812. The normalized spacial score (nSPS) is 18.3. The molecule has 5 heteroatoms. The van der Waals surface area contributed by atoms with Crippen molar-refractivity contribution in [2.75, 3.05) is 13.1 Å². The van der Waals surface area contributed by atoms with Gasteiger partial charge in [0.1, 0.15) is 5.82 Å². The van der Waals surface area contributed by atoms with Gasteiger partial charge in [-0.05, 0) is 45.7 Å². The predicted octanol–water partition coefficient (Wildman–Crippen LogP) is 1.93. The maximum atomic E-state index is 5.97. The maximum Gasteiger partial charge on any atom is 0.110 e. The summed E-state index contributed by atoms with van der Waals surface area (Å²) in [4.78, 5) is 7.18. The van der Waals surface area contributed by atoms with Crippen LogP contribution in [0, 0.1) is 0 Å². The molecule has 1 aromatic heterocycles. The van der Waals surface area contributed by atoms with Crippen molar-refractivity contribution in [1.82, 2.24) is 19.9 Å². The van der Waals surface area contributed by atoms with Crippen molar-refractivity contribution in [2.24, 2.45) is 5.84 Å². The van der Waals surface area contributed by atoms with E-state index >= 15 is 0 Å². The number of aryl methyl sites for hydroxylation is 1. The molecule has 3 N–H and O–H groups in total. The van der Waals surface area contributed by atoms with Crippen molar-refractivity contribution < 1.29 is 0 Å². The molecule has 1 atom stereocenters. The molecule has 0 aliphatic carbocycles. The molecule has 1 saturated heterocycles. The lowest BCUT2D eigenvalue weighted by atomic mass is 9.81. The number of hydrogen-bond acceptors (Lipinski definition) is 4. The van der Waals surface area contributed by atoms with E-state index in [1.165, 1.54) is 25.9 Å². The highest BCUT2D eigenvalue weighted by Gasteiger charge is 2.42. The second-order valence-electron chi connectivity index (χ2n) is 6.06. The van der Waals surface area contributed by atoms with Crippen LogP contribution in [0.3, 0.4) is 0 Å². The highest BCUT2D eigenvalue weighted by atomic mass is 15.3. The molecule has 0 saturated carbocycles. The highest BCUT2D eigenvalue weighted by Crippen LogP contribution is 2.32. The SMILES string of the molecule is CCn1ccnc1CC(NN)C(CC)(CC)N1CCCC1. The van der Waals surface area contributed by atoms with Crippen LogP contribution in [0.4, 0.5) is 0 Å². The van der Waals surface area contributed by atoms with Gasteiger partial charge in [0.2, 0.25) is 0 Å². The van der Waals surface area contributed by atoms with Crippen molar-refractivity contribution in [2.45, 2.75) is 71.0 Å². The fourth-order valence-electron chi connectivity index (χ4n) is 3.98. The first-order valence-electron chi connectivity index (χ1n) is 8.43. The molecule has 5 nitrogen and oxygen atoms in total. The smallest absolute Gasteiger partial charge is 0.110 e. The Balaban J connectivity index is 2.23. The topological polar surface area (TPSA) is 59.1 Å². The van der Waals surface area contributed by atoms with Gasteiger partial charge < -0.3 is 4.57 Å². The lowest BCUT2D eigenvalue weighted by Crippen LogP contribution is -2.62. The number of nitrogens with one attached hydrogen (secondary N) is 1. The van der Waals surface area contributed by atoms with Crippen LogP contribution in [0.2, 0.25) is 0 Å². The molecule has 1 aromatic rings. The van der Waals surface area contributed by atoms with Crippen LogP contribution in [0.25, 0.3) is 0 Å². The molecule has 1 fully saturated rings. The molecule has 0 amide bonds. The van der Waals surface area contributed by atoms with Crippen molar-refractivity contribution in [3.8, 4) is 0 Å². The molecule has 1 aliphatic heterocycles. The van der Waals surface area contributed by atoms with Gasteiger partial charge in [0.15, 0.2) is 0 Å². The van der Waals surface area contributed by atoms with E-state index in [4.69, 9.17) is 5.84 Å². The van der Waals surface area contributed by atoms with Crippen molar-refractivity contribution in [1.29, 1.82) is 0 Å². The Bertz CT molecular complexity index is 418. The second kappa shape index (κ2) is 7.38. The number of hydrazine groups is 1. The molecule has 0 radical (unpaired) electrons. The summed E-state index contributed by atoms with van der Waals surface area (Å²) in [7, 11) is 0. The molecular formula is C16H31N5. The summed E-state index contributed by atoms with van der Waals surface area (Å²) in [6.45, 7) is 10.1. The number of imidazole rings is 1. The molecule has 1 aliphatic rings. The van der Waals surface area contributed by atoms with Crippen molar-refractivity contribution >= 4 is 0 Å². The highest BCUT2D eigenvalue weighted by molar-refractivity contribution is 5.05. The van der Waals surface area contributed by atoms with Gasteiger partial charge in [-0.15, -0.1) is 0 Å². The molecule has 0 bridgehead atoms. The zero-order valence-corrected chi connectivity index (χ0v) is 13.8. The number of nitrogens with zero attached hydrogens (tertiary/aromatic N) is 3. The van der Waals surface area contributed by atoms with Crippen LogP contribution in [0.1, 0.15) is 52.3 Å². The van der Waals surface area contributed by atoms with Crippen LogP contribution in [-0.2, 0) is 13.0 Å². The van der Waals surface area contributed by atoms with Gasteiger partial charge >= 0.3 is 0 Å². The van der Waals surface area contributed by atoms with Gasteiger partial charge in [0.05, 0.1) is 0 Å². The molecule has 0 spiro atoms. The number of hydrogen-bond donors (Lipinski definition) is 2. The van der Waals surface area contributed by atoms with Gasteiger partial charge in [-0.3, -0.25) is 16.2 Å². The summed E-state index contributed by atoms with van der Waals surface area (Å²) in [6, 6.07) is 0.235. The zero-order chi connectivity index (χ0) is 15.3. The third-order valence-electron chi connectivity index (χ3n) is 5.34. The van der Waals surface area contributed by atoms with Crippen LogP contribution < -0.4 is 11.3 Å². The Labute approximate surface area is 128 Å². The third-order valence-corrected chi connectivity index (χ3v) is 5.34. The van der Waals surface area contributed by atoms with E-state index in [1.54, 1.807) is 0 Å². The van der Waals surface area contributed by atoms with Crippen molar-refractivity contribution in [3.63, 3.8) is 0 Å². The third kappa shape index (κ3) is 3.15. The van der Waals surface area contributed by atoms with Crippen LogP contribution in [0.5, 0.6) is 0 Å².